The second-order valence-corrected chi connectivity index (χ2v) is 8.83. The highest BCUT2D eigenvalue weighted by Crippen LogP contribution is 2.30. The second kappa shape index (κ2) is 10.2. The number of ether oxygens (including phenoxy) is 2. The normalized spacial score (nSPS) is 23.8. The molecule has 10 heteroatoms. The molecule has 0 saturated carbocycles. The summed E-state index contributed by atoms with van der Waals surface area (Å²) in [6, 6.07) is 3.29. The lowest BCUT2D eigenvalue weighted by Gasteiger charge is -2.34. The minimum Gasteiger partial charge on any atom is -0.507 e. The first-order chi connectivity index (χ1) is 15.6. The molecule has 0 spiro atoms. The van der Waals surface area contributed by atoms with Crippen molar-refractivity contribution in [2.45, 2.75) is 76.9 Å². The molecule has 2 heterocycles. The highest BCUT2D eigenvalue weighted by Gasteiger charge is 2.44. The average Bonchev–Trinajstić information content (AvgIpc) is 3.11. The molecule has 5 atom stereocenters. The number of fused-ring (bicyclic) bond motifs is 1. The summed E-state index contributed by atoms with van der Waals surface area (Å²) in [7, 11) is 0. The molecule has 1 saturated heterocycles. The number of carbonyl (C=O) groups excluding carboxylic acids is 4. The van der Waals surface area contributed by atoms with Gasteiger partial charge in [0, 0.05) is 12.8 Å². The molecule has 33 heavy (non-hydrogen) atoms. The molecular formula is C23H30N2O8. The highest BCUT2D eigenvalue weighted by molar-refractivity contribution is 5.95. The maximum Gasteiger partial charge on any atom is 0.342 e. The predicted octanol–water partition coefficient (Wildman–Crippen LogP) is 0.576. The molecule has 0 bridgehead atoms. The molecule has 0 aliphatic carbocycles. The van der Waals surface area contributed by atoms with Crippen molar-refractivity contribution >= 4 is 23.8 Å². The van der Waals surface area contributed by atoms with Crippen LogP contribution < -0.4 is 10.6 Å². The minimum atomic E-state index is -1.72. The lowest BCUT2D eigenvalue weighted by Crippen LogP contribution is -2.56. The van der Waals surface area contributed by atoms with Crippen molar-refractivity contribution in [3.8, 4) is 5.75 Å². The third-order valence-electron chi connectivity index (χ3n) is 5.81. The molecule has 10 nitrogen and oxygen atoms in total. The molecule has 3 rings (SSSR count). The predicted molar refractivity (Wildman–Crippen MR) is 115 cm³/mol. The molecule has 2 amide bonds. The number of benzene rings is 1. The van der Waals surface area contributed by atoms with Crippen molar-refractivity contribution in [3.63, 3.8) is 0 Å². The van der Waals surface area contributed by atoms with E-state index in [1.54, 1.807) is 19.1 Å². The van der Waals surface area contributed by atoms with Crippen LogP contribution in [0.3, 0.4) is 0 Å². The van der Waals surface area contributed by atoms with Gasteiger partial charge >= 0.3 is 11.9 Å². The van der Waals surface area contributed by atoms with Crippen LogP contribution in [0.2, 0.25) is 0 Å². The van der Waals surface area contributed by atoms with E-state index in [1.165, 1.54) is 6.07 Å². The number of phenols is 1. The molecule has 0 radical (unpaired) electrons. The summed E-state index contributed by atoms with van der Waals surface area (Å²) in [5.41, 5.74) is 0.711. The second-order valence-electron chi connectivity index (χ2n) is 8.83. The molecule has 2 aliphatic heterocycles. The van der Waals surface area contributed by atoms with E-state index in [9.17, 15) is 29.4 Å². The molecule has 1 fully saturated rings. The Kier molecular flexibility index (Phi) is 7.57. The van der Waals surface area contributed by atoms with Crippen molar-refractivity contribution in [2.75, 3.05) is 0 Å². The summed E-state index contributed by atoms with van der Waals surface area (Å²) < 4.78 is 10.6. The first-order valence-corrected chi connectivity index (χ1v) is 11.1. The van der Waals surface area contributed by atoms with Gasteiger partial charge < -0.3 is 30.3 Å². The lowest BCUT2D eigenvalue weighted by molar-refractivity contribution is -0.151. The number of carbonyl (C=O) groups is 4. The number of hydrogen-bond donors (Lipinski definition) is 4. The Morgan fingerprint density at radius 1 is 1.18 bits per heavy atom. The van der Waals surface area contributed by atoms with Gasteiger partial charge in [0.15, 0.2) is 12.2 Å². The number of esters is 2. The molecule has 180 valence electrons. The van der Waals surface area contributed by atoms with Gasteiger partial charge in [-0.15, -0.1) is 0 Å². The molecule has 1 aromatic rings. The van der Waals surface area contributed by atoms with Crippen LogP contribution in [0.5, 0.6) is 5.75 Å². The summed E-state index contributed by atoms with van der Waals surface area (Å²) in [6.07, 6.45) is -2.89. The molecular weight excluding hydrogens is 432 g/mol. The molecule has 0 aromatic heterocycles. The van der Waals surface area contributed by atoms with Crippen molar-refractivity contribution in [1.82, 2.24) is 10.6 Å². The largest absolute Gasteiger partial charge is 0.507 e. The van der Waals surface area contributed by atoms with Crippen LogP contribution in [0.4, 0.5) is 0 Å². The van der Waals surface area contributed by atoms with E-state index < -0.39 is 48.2 Å². The Bertz CT molecular complexity index is 931. The van der Waals surface area contributed by atoms with E-state index in [2.05, 4.69) is 10.6 Å². The van der Waals surface area contributed by atoms with Crippen LogP contribution >= 0.6 is 0 Å². The lowest BCUT2D eigenvalue weighted by atomic mass is 9.90. The fraction of sp³-hybridized carbons (Fsp3) is 0.565. The van der Waals surface area contributed by atoms with Gasteiger partial charge in [-0.3, -0.25) is 14.4 Å². The van der Waals surface area contributed by atoms with Crippen LogP contribution in [0.1, 0.15) is 56.0 Å². The minimum absolute atomic E-state index is 0.107. The average molecular weight is 462 g/mol. The fourth-order valence-corrected chi connectivity index (χ4v) is 4.20. The fourth-order valence-electron chi connectivity index (χ4n) is 4.20. The number of aliphatic hydroxyl groups is 1. The number of aliphatic hydroxyl groups excluding tert-OH is 1. The van der Waals surface area contributed by atoms with E-state index in [0.717, 1.165) is 0 Å². The van der Waals surface area contributed by atoms with Gasteiger partial charge in [0.2, 0.25) is 5.91 Å². The zero-order valence-corrected chi connectivity index (χ0v) is 18.9. The third kappa shape index (κ3) is 5.62. The van der Waals surface area contributed by atoms with Crippen LogP contribution in [0.15, 0.2) is 18.2 Å². The summed E-state index contributed by atoms with van der Waals surface area (Å²) in [6.45, 7) is 5.52. The Labute approximate surface area is 191 Å². The van der Waals surface area contributed by atoms with E-state index in [4.69, 9.17) is 9.47 Å². The van der Waals surface area contributed by atoms with E-state index in [0.29, 0.717) is 12.0 Å². The Morgan fingerprint density at radius 3 is 2.58 bits per heavy atom. The van der Waals surface area contributed by atoms with Gasteiger partial charge in [-0.05, 0) is 24.0 Å². The Balaban J connectivity index is 1.75. The quantitative estimate of drug-likeness (QED) is 0.410. The van der Waals surface area contributed by atoms with E-state index in [1.807, 2.05) is 13.8 Å². The van der Waals surface area contributed by atoms with Crippen LogP contribution in [0.25, 0.3) is 0 Å². The number of aromatic hydroxyl groups is 1. The maximum atomic E-state index is 12.9. The number of nitrogens with one attached hydrogen (secondary N) is 2. The maximum absolute atomic E-state index is 12.9. The number of rotatable bonds is 8. The molecule has 0 unspecified atom stereocenters. The SMILES string of the molecule is CCC(=O)N[C@H]1CC(=O)O[C@@H]1[C@H](O)C(=O)N[C@@H](CC(C)C)[C@@H]1Cc2cccc(O)c2C(=O)O1. The number of phenolic OH excluding ortho intramolecular Hbond substituents is 1. The first-order valence-electron chi connectivity index (χ1n) is 11.1. The Hall–Kier alpha value is -3.14. The number of hydrogen-bond acceptors (Lipinski definition) is 8. The molecule has 2 aliphatic rings. The summed E-state index contributed by atoms with van der Waals surface area (Å²) in [4.78, 5) is 48.9. The number of amides is 2. The third-order valence-corrected chi connectivity index (χ3v) is 5.81. The summed E-state index contributed by atoms with van der Waals surface area (Å²) in [5.74, 6) is -2.48. The van der Waals surface area contributed by atoms with Gasteiger partial charge in [0.1, 0.15) is 17.4 Å². The van der Waals surface area contributed by atoms with Crippen molar-refractivity contribution in [1.29, 1.82) is 0 Å². The van der Waals surface area contributed by atoms with Crippen LogP contribution in [-0.4, -0.2) is 64.4 Å². The summed E-state index contributed by atoms with van der Waals surface area (Å²) in [5, 5.41) is 26.0. The van der Waals surface area contributed by atoms with E-state index >= 15 is 0 Å². The molecule has 4 N–H and O–H groups in total. The van der Waals surface area contributed by atoms with Gasteiger partial charge in [-0.25, -0.2) is 4.79 Å². The monoisotopic (exact) mass is 462 g/mol. The van der Waals surface area contributed by atoms with Crippen molar-refractivity contribution < 1.29 is 38.9 Å². The number of cyclic esters (lactones) is 2. The highest BCUT2D eigenvalue weighted by atomic mass is 16.6. The molecule has 1 aromatic carbocycles. The van der Waals surface area contributed by atoms with Gasteiger partial charge in [0.25, 0.3) is 5.91 Å². The van der Waals surface area contributed by atoms with Crippen molar-refractivity contribution in [3.05, 3.63) is 29.3 Å². The van der Waals surface area contributed by atoms with Crippen molar-refractivity contribution in [2.24, 2.45) is 5.92 Å². The first kappa shape index (κ1) is 24.5. The zero-order chi connectivity index (χ0) is 24.3. The Morgan fingerprint density at radius 2 is 1.91 bits per heavy atom. The van der Waals surface area contributed by atoms with Crippen LogP contribution in [-0.2, 0) is 30.3 Å². The van der Waals surface area contributed by atoms with Gasteiger partial charge in [0.05, 0.1) is 18.5 Å². The zero-order valence-electron chi connectivity index (χ0n) is 18.9. The van der Waals surface area contributed by atoms with Gasteiger partial charge in [-0.2, -0.15) is 0 Å². The smallest absolute Gasteiger partial charge is 0.342 e. The van der Waals surface area contributed by atoms with Gasteiger partial charge in [-0.1, -0.05) is 32.9 Å². The topological polar surface area (TPSA) is 151 Å². The van der Waals surface area contributed by atoms with E-state index in [-0.39, 0.29) is 42.4 Å². The summed E-state index contributed by atoms with van der Waals surface area (Å²) >= 11 is 0. The van der Waals surface area contributed by atoms with Crippen LogP contribution in [0, 0.1) is 5.92 Å². The standard InChI is InChI=1S/C23H30N2O8/c1-4-17(27)24-14-10-18(28)33-21(14)20(29)22(30)25-13(8-11(2)3)16-9-12-6-5-7-15(26)19(12)23(31)32-16/h5-7,11,13-14,16,20-21,26,29H,4,8-10H2,1-3H3,(H,24,27)(H,25,30)/t13-,14-,16-,20-,21-/m0/s1.